The van der Waals surface area contributed by atoms with Gasteiger partial charge in [0.25, 0.3) is 0 Å². The second-order valence-electron chi connectivity index (χ2n) is 6.57. The molecular formula is C18H25N3O2. The van der Waals surface area contributed by atoms with E-state index < -0.39 is 0 Å². The topological polar surface area (TPSA) is 67.2 Å². The lowest BCUT2D eigenvalue weighted by Gasteiger charge is -2.32. The number of ether oxygens (including phenoxy) is 2. The Kier molecular flexibility index (Phi) is 5.47. The van der Waals surface area contributed by atoms with E-state index in [0.29, 0.717) is 29.6 Å². The first-order chi connectivity index (χ1) is 11.3. The van der Waals surface area contributed by atoms with Crippen molar-refractivity contribution in [1.29, 1.82) is 5.26 Å². The van der Waals surface area contributed by atoms with E-state index in [1.807, 2.05) is 0 Å². The molecule has 5 nitrogen and oxygen atoms in total. The molecule has 1 aromatic rings. The second kappa shape index (κ2) is 7.76. The normalized spacial score (nSPS) is 29.0. The Morgan fingerprint density at radius 3 is 2.87 bits per heavy atom. The van der Waals surface area contributed by atoms with Gasteiger partial charge in [0.15, 0.2) is 0 Å². The SMILES string of the molecule is CC(NC1CCC(Oc2ncccc2C#N)CC1)C1CCCO1. The largest absolute Gasteiger partial charge is 0.473 e. The monoisotopic (exact) mass is 315 g/mol. The van der Waals surface area contributed by atoms with Crippen molar-refractivity contribution in [3.05, 3.63) is 23.9 Å². The predicted octanol–water partition coefficient (Wildman–Crippen LogP) is 2.80. The lowest BCUT2D eigenvalue weighted by atomic mass is 9.92. The fraction of sp³-hybridized carbons (Fsp3) is 0.667. The van der Waals surface area contributed by atoms with Crippen molar-refractivity contribution in [3.63, 3.8) is 0 Å². The standard InChI is InChI=1S/C18H25N3O2/c1-13(17-5-3-11-22-17)21-15-6-8-16(9-7-15)23-18-14(12-19)4-2-10-20-18/h2,4,10,13,15-17,21H,3,5-9,11H2,1H3. The van der Waals surface area contributed by atoms with Gasteiger partial charge in [0, 0.05) is 24.9 Å². The van der Waals surface area contributed by atoms with E-state index in [2.05, 4.69) is 23.3 Å². The average molecular weight is 315 g/mol. The van der Waals surface area contributed by atoms with Crippen LogP contribution < -0.4 is 10.1 Å². The lowest BCUT2D eigenvalue weighted by Crippen LogP contribution is -2.45. The predicted molar refractivity (Wildman–Crippen MR) is 87.2 cm³/mol. The van der Waals surface area contributed by atoms with Crippen LogP contribution in [-0.2, 0) is 4.74 Å². The van der Waals surface area contributed by atoms with Gasteiger partial charge in [-0.1, -0.05) is 0 Å². The summed E-state index contributed by atoms with van der Waals surface area (Å²) >= 11 is 0. The van der Waals surface area contributed by atoms with Gasteiger partial charge < -0.3 is 14.8 Å². The van der Waals surface area contributed by atoms with Crippen LogP contribution in [0.2, 0.25) is 0 Å². The number of aromatic nitrogens is 1. The summed E-state index contributed by atoms with van der Waals surface area (Å²) in [6, 6.07) is 6.60. The van der Waals surface area contributed by atoms with Gasteiger partial charge in [0.1, 0.15) is 17.7 Å². The van der Waals surface area contributed by atoms with E-state index in [1.165, 1.54) is 12.8 Å². The molecule has 2 heterocycles. The third kappa shape index (κ3) is 4.21. The number of nitrogens with one attached hydrogen (secondary N) is 1. The number of rotatable bonds is 5. The van der Waals surface area contributed by atoms with E-state index in [1.54, 1.807) is 18.3 Å². The first-order valence-electron chi connectivity index (χ1n) is 8.65. The molecule has 0 radical (unpaired) electrons. The molecule has 0 aromatic carbocycles. The summed E-state index contributed by atoms with van der Waals surface area (Å²) in [6.45, 7) is 3.13. The molecule has 1 aliphatic heterocycles. The van der Waals surface area contributed by atoms with Crippen LogP contribution in [0.4, 0.5) is 0 Å². The zero-order valence-electron chi connectivity index (χ0n) is 13.7. The molecule has 23 heavy (non-hydrogen) atoms. The Hall–Kier alpha value is -1.64. The second-order valence-corrected chi connectivity index (χ2v) is 6.57. The Bertz CT molecular complexity index is 543. The third-order valence-electron chi connectivity index (χ3n) is 4.87. The van der Waals surface area contributed by atoms with Crippen LogP contribution in [0, 0.1) is 11.3 Å². The minimum absolute atomic E-state index is 0.160. The van der Waals surface area contributed by atoms with Crippen LogP contribution in [0.25, 0.3) is 0 Å². The zero-order chi connectivity index (χ0) is 16.1. The number of nitriles is 1. The Morgan fingerprint density at radius 2 is 2.17 bits per heavy atom. The molecule has 0 bridgehead atoms. The van der Waals surface area contributed by atoms with Crippen molar-refractivity contribution in [3.8, 4) is 11.9 Å². The highest BCUT2D eigenvalue weighted by Crippen LogP contribution is 2.25. The van der Waals surface area contributed by atoms with Gasteiger partial charge >= 0.3 is 0 Å². The van der Waals surface area contributed by atoms with Gasteiger partial charge in [-0.15, -0.1) is 0 Å². The van der Waals surface area contributed by atoms with Crippen LogP contribution in [0.15, 0.2) is 18.3 Å². The van der Waals surface area contributed by atoms with Crippen molar-refractivity contribution < 1.29 is 9.47 Å². The molecule has 1 aliphatic carbocycles. The zero-order valence-corrected chi connectivity index (χ0v) is 13.7. The molecule has 1 saturated carbocycles. The molecule has 2 fully saturated rings. The summed E-state index contributed by atoms with van der Waals surface area (Å²) in [5.74, 6) is 0.471. The van der Waals surface area contributed by atoms with Gasteiger partial charge in [-0.3, -0.25) is 0 Å². The maximum atomic E-state index is 9.10. The average Bonchev–Trinajstić information content (AvgIpc) is 3.12. The smallest absolute Gasteiger partial charge is 0.231 e. The minimum atomic E-state index is 0.160. The molecule has 2 aliphatic rings. The molecule has 124 valence electrons. The highest BCUT2D eigenvalue weighted by atomic mass is 16.5. The van der Waals surface area contributed by atoms with Gasteiger partial charge in [0.05, 0.1) is 6.10 Å². The molecule has 1 N–H and O–H groups in total. The molecule has 5 heteroatoms. The summed E-state index contributed by atoms with van der Waals surface area (Å²) in [6.07, 6.45) is 8.74. The minimum Gasteiger partial charge on any atom is -0.473 e. The van der Waals surface area contributed by atoms with Crippen LogP contribution in [-0.4, -0.2) is 35.9 Å². The summed E-state index contributed by atoms with van der Waals surface area (Å²) in [5, 5.41) is 12.8. The first-order valence-corrected chi connectivity index (χ1v) is 8.65. The van der Waals surface area contributed by atoms with Gasteiger partial charge in [-0.2, -0.15) is 5.26 Å². The van der Waals surface area contributed by atoms with Crippen molar-refractivity contribution in [2.45, 2.75) is 69.7 Å². The van der Waals surface area contributed by atoms with Crippen molar-refractivity contribution in [2.75, 3.05) is 6.61 Å². The van der Waals surface area contributed by atoms with Gasteiger partial charge in [-0.25, -0.2) is 4.98 Å². The first kappa shape index (κ1) is 16.2. The van der Waals surface area contributed by atoms with Crippen LogP contribution >= 0.6 is 0 Å². The summed E-state index contributed by atoms with van der Waals surface area (Å²) in [7, 11) is 0. The van der Waals surface area contributed by atoms with Gasteiger partial charge in [-0.05, 0) is 57.6 Å². The van der Waals surface area contributed by atoms with E-state index >= 15 is 0 Å². The fourth-order valence-corrected chi connectivity index (χ4v) is 3.55. The summed E-state index contributed by atoms with van der Waals surface area (Å²) in [4.78, 5) is 4.19. The van der Waals surface area contributed by atoms with E-state index in [-0.39, 0.29) is 6.10 Å². The van der Waals surface area contributed by atoms with Crippen molar-refractivity contribution in [1.82, 2.24) is 10.3 Å². The molecular weight excluding hydrogens is 290 g/mol. The maximum Gasteiger partial charge on any atom is 0.231 e. The van der Waals surface area contributed by atoms with Crippen LogP contribution in [0.3, 0.4) is 0 Å². The number of hydrogen-bond acceptors (Lipinski definition) is 5. The summed E-state index contributed by atoms with van der Waals surface area (Å²) < 4.78 is 11.7. The maximum absolute atomic E-state index is 9.10. The molecule has 2 atom stereocenters. The van der Waals surface area contributed by atoms with E-state index in [4.69, 9.17) is 14.7 Å². The Morgan fingerprint density at radius 1 is 1.35 bits per heavy atom. The molecule has 1 saturated heterocycles. The van der Waals surface area contributed by atoms with E-state index in [0.717, 1.165) is 32.3 Å². The molecule has 1 aromatic heterocycles. The van der Waals surface area contributed by atoms with Crippen molar-refractivity contribution >= 4 is 0 Å². The highest BCUT2D eigenvalue weighted by molar-refractivity contribution is 5.37. The van der Waals surface area contributed by atoms with Gasteiger partial charge in [0.2, 0.25) is 5.88 Å². The number of pyridine rings is 1. The number of nitrogens with zero attached hydrogens (tertiary/aromatic N) is 2. The highest BCUT2D eigenvalue weighted by Gasteiger charge is 2.28. The molecule has 2 unspecified atom stereocenters. The number of hydrogen-bond donors (Lipinski definition) is 1. The molecule has 3 rings (SSSR count). The lowest BCUT2D eigenvalue weighted by molar-refractivity contribution is 0.0715. The van der Waals surface area contributed by atoms with E-state index in [9.17, 15) is 0 Å². The molecule has 0 amide bonds. The Labute approximate surface area is 138 Å². The third-order valence-corrected chi connectivity index (χ3v) is 4.87. The van der Waals surface area contributed by atoms with Crippen LogP contribution in [0.5, 0.6) is 5.88 Å². The fourth-order valence-electron chi connectivity index (χ4n) is 3.55. The van der Waals surface area contributed by atoms with Crippen LogP contribution in [0.1, 0.15) is 51.0 Å². The van der Waals surface area contributed by atoms with Crippen molar-refractivity contribution in [2.24, 2.45) is 0 Å². The summed E-state index contributed by atoms with van der Waals surface area (Å²) in [5.41, 5.74) is 0.514. The Balaban J connectivity index is 1.46. The quantitative estimate of drug-likeness (QED) is 0.905. The molecule has 0 spiro atoms.